The minimum absolute atomic E-state index is 0.118. The van der Waals surface area contributed by atoms with Crippen molar-refractivity contribution in [1.29, 1.82) is 0 Å². The molecule has 1 atom stereocenters. The molecule has 1 fully saturated rings. The molecule has 1 N–H and O–H groups in total. The van der Waals surface area contributed by atoms with E-state index in [1.54, 1.807) is 12.1 Å². The van der Waals surface area contributed by atoms with Gasteiger partial charge in [-0.3, -0.25) is 19.3 Å². The van der Waals surface area contributed by atoms with Crippen molar-refractivity contribution >= 4 is 51.4 Å². The molecule has 0 spiro atoms. The zero-order valence-electron chi connectivity index (χ0n) is 18.4. The Bertz CT molecular complexity index is 1230. The highest BCUT2D eigenvalue weighted by molar-refractivity contribution is 8.18. The molecular weight excluding hydrogens is 436 g/mol. The van der Waals surface area contributed by atoms with Crippen LogP contribution in [0.25, 0.3) is 16.8 Å². The van der Waals surface area contributed by atoms with E-state index < -0.39 is 17.1 Å². The number of nitrogens with zero attached hydrogens (tertiary/aromatic N) is 1. The first-order chi connectivity index (χ1) is 15.9. The van der Waals surface area contributed by atoms with Gasteiger partial charge < -0.3 is 10.1 Å². The van der Waals surface area contributed by atoms with Gasteiger partial charge in [-0.25, -0.2) is 0 Å². The van der Waals surface area contributed by atoms with Crippen molar-refractivity contribution in [3.63, 3.8) is 0 Å². The number of hydrogen-bond donors (Lipinski definition) is 1. The molecule has 168 valence electrons. The molecular formula is C26H24N2O4S. The van der Waals surface area contributed by atoms with Crippen LogP contribution < -0.4 is 10.1 Å². The highest BCUT2D eigenvalue weighted by atomic mass is 32.2. The number of hydrogen-bond acceptors (Lipinski definition) is 5. The van der Waals surface area contributed by atoms with E-state index in [1.807, 2.05) is 67.6 Å². The third-order valence-electron chi connectivity index (χ3n) is 5.33. The number of rotatable bonds is 7. The van der Waals surface area contributed by atoms with E-state index in [2.05, 4.69) is 12.2 Å². The fourth-order valence-electron chi connectivity index (χ4n) is 3.41. The molecule has 3 aromatic carbocycles. The first-order valence-corrected chi connectivity index (χ1v) is 11.6. The molecule has 33 heavy (non-hydrogen) atoms. The van der Waals surface area contributed by atoms with Crippen molar-refractivity contribution in [2.24, 2.45) is 0 Å². The number of fused-ring (bicyclic) bond motifs is 1. The third kappa shape index (κ3) is 5.26. The molecule has 0 saturated carbocycles. The monoisotopic (exact) mass is 460 g/mol. The van der Waals surface area contributed by atoms with Gasteiger partial charge in [-0.05, 0) is 60.3 Å². The SMILES string of the molecule is CC[C@H](C)Oc1ccc(/C=C2\SC(=O)N(CC(=O)Nc3cccc4ccccc34)C2=O)cc1. The fourth-order valence-corrected chi connectivity index (χ4v) is 4.25. The Labute approximate surface area is 196 Å². The van der Waals surface area contributed by atoms with Crippen molar-refractivity contribution in [1.82, 2.24) is 4.90 Å². The summed E-state index contributed by atoms with van der Waals surface area (Å²) in [7, 11) is 0. The van der Waals surface area contributed by atoms with Gasteiger partial charge in [-0.2, -0.15) is 0 Å². The van der Waals surface area contributed by atoms with Gasteiger partial charge in [-0.15, -0.1) is 0 Å². The number of benzene rings is 3. The number of ether oxygens (including phenoxy) is 1. The number of imide groups is 1. The zero-order chi connectivity index (χ0) is 23.4. The lowest BCUT2D eigenvalue weighted by Crippen LogP contribution is -2.36. The second kappa shape index (κ2) is 9.92. The summed E-state index contributed by atoms with van der Waals surface area (Å²) in [4.78, 5) is 39.1. The zero-order valence-corrected chi connectivity index (χ0v) is 19.2. The fraction of sp³-hybridized carbons (Fsp3) is 0.192. The van der Waals surface area contributed by atoms with Gasteiger partial charge in [0.1, 0.15) is 12.3 Å². The lowest BCUT2D eigenvalue weighted by molar-refractivity contribution is -0.127. The van der Waals surface area contributed by atoms with Crippen LogP contribution >= 0.6 is 11.8 Å². The second-order valence-corrected chi connectivity index (χ2v) is 8.74. The number of thioether (sulfide) groups is 1. The van der Waals surface area contributed by atoms with Gasteiger partial charge in [0.2, 0.25) is 5.91 Å². The lowest BCUT2D eigenvalue weighted by Gasteiger charge is -2.13. The largest absolute Gasteiger partial charge is 0.491 e. The van der Waals surface area contributed by atoms with E-state index in [1.165, 1.54) is 0 Å². The van der Waals surface area contributed by atoms with Crippen molar-refractivity contribution in [2.75, 3.05) is 11.9 Å². The highest BCUT2D eigenvalue weighted by Gasteiger charge is 2.36. The Balaban J connectivity index is 1.43. The van der Waals surface area contributed by atoms with Crippen LogP contribution in [0.2, 0.25) is 0 Å². The van der Waals surface area contributed by atoms with Crippen LogP contribution in [0.5, 0.6) is 5.75 Å². The second-order valence-electron chi connectivity index (χ2n) is 7.75. The molecule has 4 rings (SSSR count). The third-order valence-corrected chi connectivity index (χ3v) is 6.24. The normalized spacial score (nSPS) is 15.8. The van der Waals surface area contributed by atoms with E-state index in [-0.39, 0.29) is 17.6 Å². The highest BCUT2D eigenvalue weighted by Crippen LogP contribution is 2.32. The molecule has 1 aliphatic rings. The summed E-state index contributed by atoms with van der Waals surface area (Å²) in [6, 6.07) is 20.6. The molecule has 1 aliphatic heterocycles. The van der Waals surface area contributed by atoms with Crippen LogP contribution in [0.3, 0.4) is 0 Å². The molecule has 1 saturated heterocycles. The van der Waals surface area contributed by atoms with Gasteiger partial charge in [0.25, 0.3) is 11.1 Å². The van der Waals surface area contributed by atoms with Crippen LogP contribution in [0, 0.1) is 0 Å². The summed E-state index contributed by atoms with van der Waals surface area (Å²) in [6.45, 7) is 3.71. The maximum atomic E-state index is 12.8. The summed E-state index contributed by atoms with van der Waals surface area (Å²) in [5.74, 6) is -0.154. The van der Waals surface area contributed by atoms with E-state index in [9.17, 15) is 14.4 Å². The first kappa shape index (κ1) is 22.6. The maximum absolute atomic E-state index is 12.8. The molecule has 0 aliphatic carbocycles. The standard InChI is InChI=1S/C26H24N2O4S/c1-3-17(2)32-20-13-11-18(12-14-20)15-23-25(30)28(26(31)33-23)16-24(29)27-22-10-6-8-19-7-4-5-9-21(19)22/h4-15,17H,3,16H2,1-2H3,(H,27,29)/b23-15-/t17-/m0/s1. The van der Waals surface area contributed by atoms with Crippen LogP contribution in [0.4, 0.5) is 10.5 Å². The Hall–Kier alpha value is -3.58. The van der Waals surface area contributed by atoms with Gasteiger partial charge in [0, 0.05) is 11.1 Å². The average molecular weight is 461 g/mol. The number of anilines is 1. The molecule has 0 aromatic heterocycles. The van der Waals surface area contributed by atoms with Crippen molar-refractivity contribution in [2.45, 2.75) is 26.4 Å². The summed E-state index contributed by atoms with van der Waals surface area (Å²) >= 11 is 0.833. The summed E-state index contributed by atoms with van der Waals surface area (Å²) in [5, 5.41) is 4.24. The maximum Gasteiger partial charge on any atom is 0.294 e. The molecule has 1 heterocycles. The number of carbonyl (C=O) groups is 3. The van der Waals surface area contributed by atoms with Gasteiger partial charge in [-0.1, -0.05) is 55.5 Å². The molecule has 3 amide bonds. The van der Waals surface area contributed by atoms with Crippen molar-refractivity contribution < 1.29 is 19.1 Å². The minimum atomic E-state index is -0.474. The van der Waals surface area contributed by atoms with Crippen LogP contribution in [-0.2, 0) is 9.59 Å². The van der Waals surface area contributed by atoms with Crippen LogP contribution in [0.1, 0.15) is 25.8 Å². The summed E-state index contributed by atoms with van der Waals surface area (Å²) in [5.41, 5.74) is 1.41. The molecule has 0 radical (unpaired) electrons. The first-order valence-electron chi connectivity index (χ1n) is 10.7. The smallest absolute Gasteiger partial charge is 0.294 e. The van der Waals surface area contributed by atoms with E-state index in [0.29, 0.717) is 5.69 Å². The molecule has 0 bridgehead atoms. The Morgan fingerprint density at radius 2 is 1.79 bits per heavy atom. The van der Waals surface area contributed by atoms with Crippen molar-refractivity contribution in [3.05, 3.63) is 77.2 Å². The lowest BCUT2D eigenvalue weighted by atomic mass is 10.1. The summed E-state index contributed by atoms with van der Waals surface area (Å²) in [6.07, 6.45) is 2.68. The van der Waals surface area contributed by atoms with Crippen LogP contribution in [-0.4, -0.2) is 34.6 Å². The molecule has 0 unspecified atom stereocenters. The Morgan fingerprint density at radius 3 is 2.55 bits per heavy atom. The van der Waals surface area contributed by atoms with E-state index in [4.69, 9.17) is 4.74 Å². The van der Waals surface area contributed by atoms with E-state index >= 15 is 0 Å². The average Bonchev–Trinajstić information content (AvgIpc) is 3.07. The van der Waals surface area contributed by atoms with Crippen LogP contribution in [0.15, 0.2) is 71.6 Å². The van der Waals surface area contributed by atoms with Gasteiger partial charge in [0.15, 0.2) is 0 Å². The number of amides is 3. The Morgan fingerprint density at radius 1 is 1.06 bits per heavy atom. The quantitative estimate of drug-likeness (QED) is 0.458. The molecule has 6 nitrogen and oxygen atoms in total. The molecule has 7 heteroatoms. The van der Waals surface area contributed by atoms with E-state index in [0.717, 1.165) is 45.2 Å². The molecule has 3 aromatic rings. The predicted molar refractivity (Wildman–Crippen MR) is 132 cm³/mol. The minimum Gasteiger partial charge on any atom is -0.491 e. The number of carbonyl (C=O) groups excluding carboxylic acids is 3. The summed E-state index contributed by atoms with van der Waals surface area (Å²) < 4.78 is 5.76. The Kier molecular flexibility index (Phi) is 6.79. The topological polar surface area (TPSA) is 75.7 Å². The number of nitrogens with one attached hydrogen (secondary N) is 1. The predicted octanol–water partition coefficient (Wildman–Crippen LogP) is 5.69. The van der Waals surface area contributed by atoms with Gasteiger partial charge >= 0.3 is 0 Å². The van der Waals surface area contributed by atoms with Gasteiger partial charge in [0.05, 0.1) is 11.0 Å². The van der Waals surface area contributed by atoms with Crippen molar-refractivity contribution in [3.8, 4) is 5.75 Å².